The van der Waals surface area contributed by atoms with E-state index in [2.05, 4.69) is 15.3 Å². The fourth-order valence-electron chi connectivity index (χ4n) is 1.54. The number of halogens is 1. The Morgan fingerprint density at radius 2 is 2.22 bits per heavy atom. The highest BCUT2D eigenvalue weighted by Crippen LogP contribution is 2.11. The molecule has 0 saturated heterocycles. The Morgan fingerprint density at radius 3 is 2.89 bits per heavy atom. The number of pyridine rings is 2. The number of carbonyl (C=O) groups excluding carboxylic acids is 1. The van der Waals surface area contributed by atoms with Gasteiger partial charge in [0, 0.05) is 30.2 Å². The Balaban J connectivity index is 2.08. The molecule has 2 aromatic rings. The minimum atomic E-state index is -0.670. The molecule has 0 fully saturated rings. The van der Waals surface area contributed by atoms with Gasteiger partial charge in [-0.1, -0.05) is 6.07 Å². The third-order valence-corrected chi connectivity index (χ3v) is 2.52. The highest BCUT2D eigenvalue weighted by Gasteiger charge is 2.12. The van der Waals surface area contributed by atoms with Crippen molar-refractivity contribution >= 4 is 5.91 Å². The number of hydrogen-bond acceptors (Lipinski definition) is 3. The largest absolute Gasteiger partial charge is 0.345 e. The molecule has 1 unspecified atom stereocenters. The first-order valence-corrected chi connectivity index (χ1v) is 5.49. The maximum Gasteiger partial charge on any atom is 0.251 e. The lowest BCUT2D eigenvalue weighted by Gasteiger charge is -2.13. The Bertz CT molecular complexity index is 545. The van der Waals surface area contributed by atoms with E-state index in [1.165, 1.54) is 12.3 Å². The predicted molar refractivity (Wildman–Crippen MR) is 64.3 cm³/mol. The average Bonchev–Trinajstić information content (AvgIpc) is 2.39. The average molecular weight is 245 g/mol. The summed E-state index contributed by atoms with van der Waals surface area (Å²) in [4.78, 5) is 19.2. The van der Waals surface area contributed by atoms with Gasteiger partial charge in [-0.3, -0.25) is 9.78 Å². The Kier molecular flexibility index (Phi) is 3.62. The summed E-state index contributed by atoms with van der Waals surface area (Å²) in [6.07, 6.45) is 4.60. The Labute approximate surface area is 104 Å². The van der Waals surface area contributed by atoms with Crippen LogP contribution in [0.15, 0.2) is 42.9 Å². The van der Waals surface area contributed by atoms with E-state index in [-0.39, 0.29) is 17.5 Å². The molecule has 0 saturated carbocycles. The first-order valence-electron chi connectivity index (χ1n) is 5.49. The van der Waals surface area contributed by atoms with E-state index in [1.807, 2.05) is 13.0 Å². The van der Waals surface area contributed by atoms with E-state index in [0.29, 0.717) is 0 Å². The number of nitrogens with zero attached hydrogens (tertiary/aromatic N) is 2. The second kappa shape index (κ2) is 5.35. The molecule has 1 amide bonds. The quantitative estimate of drug-likeness (QED) is 0.842. The monoisotopic (exact) mass is 245 g/mol. The zero-order valence-corrected chi connectivity index (χ0v) is 9.80. The fourth-order valence-corrected chi connectivity index (χ4v) is 1.54. The molecule has 4 nitrogen and oxygen atoms in total. The number of carbonyl (C=O) groups is 1. The van der Waals surface area contributed by atoms with Crippen LogP contribution in [-0.2, 0) is 0 Å². The van der Waals surface area contributed by atoms with Crippen LogP contribution in [0.25, 0.3) is 0 Å². The summed E-state index contributed by atoms with van der Waals surface area (Å²) in [5.74, 6) is -1.01. The van der Waals surface area contributed by atoms with Crippen LogP contribution < -0.4 is 5.32 Å². The van der Waals surface area contributed by atoms with Crippen molar-refractivity contribution in [3.63, 3.8) is 0 Å². The van der Waals surface area contributed by atoms with Crippen molar-refractivity contribution in [1.29, 1.82) is 0 Å². The van der Waals surface area contributed by atoms with Gasteiger partial charge in [0.1, 0.15) is 0 Å². The van der Waals surface area contributed by atoms with Gasteiger partial charge in [-0.25, -0.2) is 4.98 Å². The summed E-state index contributed by atoms with van der Waals surface area (Å²) in [5, 5.41) is 2.77. The van der Waals surface area contributed by atoms with Gasteiger partial charge in [-0.05, 0) is 24.6 Å². The number of aromatic nitrogens is 2. The first kappa shape index (κ1) is 12.2. The van der Waals surface area contributed by atoms with Gasteiger partial charge in [-0.2, -0.15) is 4.39 Å². The van der Waals surface area contributed by atoms with Crippen LogP contribution in [0.1, 0.15) is 28.9 Å². The molecule has 1 atom stereocenters. The van der Waals surface area contributed by atoms with Gasteiger partial charge >= 0.3 is 0 Å². The molecule has 0 aliphatic carbocycles. The standard InChI is InChI=1S/C13H12FN3O/c1-9(11-3-2-5-15-8-11)17-13(18)10-4-6-16-12(14)7-10/h2-9H,1H3,(H,17,18). The zero-order chi connectivity index (χ0) is 13.0. The molecule has 0 spiro atoms. The van der Waals surface area contributed by atoms with Gasteiger partial charge < -0.3 is 5.32 Å². The molecule has 0 bridgehead atoms. The maximum absolute atomic E-state index is 12.9. The molecule has 0 radical (unpaired) electrons. The number of amides is 1. The summed E-state index contributed by atoms with van der Waals surface area (Å²) in [5.41, 5.74) is 1.14. The fraction of sp³-hybridized carbons (Fsp3) is 0.154. The van der Waals surface area contributed by atoms with E-state index < -0.39 is 5.95 Å². The molecular weight excluding hydrogens is 233 g/mol. The second-order valence-corrected chi connectivity index (χ2v) is 3.85. The third kappa shape index (κ3) is 2.88. The molecule has 2 rings (SSSR count). The SMILES string of the molecule is CC(NC(=O)c1ccnc(F)c1)c1cccnc1. The molecule has 1 N–H and O–H groups in total. The summed E-state index contributed by atoms with van der Waals surface area (Å²) in [7, 11) is 0. The van der Waals surface area contributed by atoms with Crippen LogP contribution in [0.4, 0.5) is 4.39 Å². The molecule has 0 aromatic carbocycles. The number of nitrogens with one attached hydrogen (secondary N) is 1. The Hall–Kier alpha value is -2.30. The van der Waals surface area contributed by atoms with Crippen molar-refractivity contribution in [2.45, 2.75) is 13.0 Å². The van der Waals surface area contributed by atoms with Gasteiger partial charge in [-0.15, -0.1) is 0 Å². The van der Waals surface area contributed by atoms with Crippen molar-refractivity contribution in [1.82, 2.24) is 15.3 Å². The predicted octanol–water partition coefficient (Wildman–Crippen LogP) is 2.11. The van der Waals surface area contributed by atoms with Crippen LogP contribution in [0.2, 0.25) is 0 Å². The molecule has 18 heavy (non-hydrogen) atoms. The normalized spacial score (nSPS) is 11.9. The lowest BCUT2D eigenvalue weighted by Crippen LogP contribution is -2.26. The van der Waals surface area contributed by atoms with Crippen LogP contribution in [-0.4, -0.2) is 15.9 Å². The smallest absolute Gasteiger partial charge is 0.251 e. The summed E-state index contributed by atoms with van der Waals surface area (Å²) in [6.45, 7) is 1.84. The molecule has 2 heterocycles. The van der Waals surface area contributed by atoms with Crippen molar-refractivity contribution in [2.75, 3.05) is 0 Å². The van der Waals surface area contributed by atoms with Crippen LogP contribution in [0.3, 0.4) is 0 Å². The third-order valence-electron chi connectivity index (χ3n) is 2.52. The summed E-state index contributed by atoms with van der Waals surface area (Å²) in [6, 6.07) is 6.04. The van der Waals surface area contributed by atoms with Crippen molar-refractivity contribution in [3.05, 3.63) is 59.9 Å². The van der Waals surface area contributed by atoms with Gasteiger partial charge in [0.15, 0.2) is 0 Å². The van der Waals surface area contributed by atoms with Crippen LogP contribution in [0, 0.1) is 5.95 Å². The molecule has 92 valence electrons. The van der Waals surface area contributed by atoms with Crippen molar-refractivity contribution in [3.8, 4) is 0 Å². The lowest BCUT2D eigenvalue weighted by atomic mass is 10.1. The molecule has 0 aliphatic heterocycles. The molecular formula is C13H12FN3O. The number of rotatable bonds is 3. The van der Waals surface area contributed by atoms with E-state index in [0.717, 1.165) is 11.6 Å². The topological polar surface area (TPSA) is 54.9 Å². The first-order chi connectivity index (χ1) is 8.66. The van der Waals surface area contributed by atoms with Gasteiger partial charge in [0.25, 0.3) is 5.91 Å². The summed E-state index contributed by atoms with van der Waals surface area (Å²) >= 11 is 0. The maximum atomic E-state index is 12.9. The minimum Gasteiger partial charge on any atom is -0.345 e. The second-order valence-electron chi connectivity index (χ2n) is 3.85. The molecule has 5 heteroatoms. The van der Waals surface area contributed by atoms with E-state index in [4.69, 9.17) is 0 Å². The highest BCUT2D eigenvalue weighted by atomic mass is 19.1. The van der Waals surface area contributed by atoms with E-state index >= 15 is 0 Å². The summed E-state index contributed by atoms with van der Waals surface area (Å²) < 4.78 is 12.9. The van der Waals surface area contributed by atoms with E-state index in [1.54, 1.807) is 18.5 Å². The van der Waals surface area contributed by atoms with Crippen LogP contribution in [0.5, 0.6) is 0 Å². The van der Waals surface area contributed by atoms with Gasteiger partial charge in [0.05, 0.1) is 6.04 Å². The highest BCUT2D eigenvalue weighted by molar-refractivity contribution is 5.94. The van der Waals surface area contributed by atoms with Gasteiger partial charge in [0.2, 0.25) is 5.95 Å². The Morgan fingerprint density at radius 1 is 1.39 bits per heavy atom. The van der Waals surface area contributed by atoms with E-state index in [9.17, 15) is 9.18 Å². The zero-order valence-electron chi connectivity index (χ0n) is 9.80. The lowest BCUT2D eigenvalue weighted by molar-refractivity contribution is 0.0939. The van der Waals surface area contributed by atoms with Crippen LogP contribution >= 0.6 is 0 Å². The molecule has 0 aliphatic rings. The van der Waals surface area contributed by atoms with Crippen molar-refractivity contribution in [2.24, 2.45) is 0 Å². The number of hydrogen-bond donors (Lipinski definition) is 1. The molecule has 2 aromatic heterocycles. The van der Waals surface area contributed by atoms with Crippen molar-refractivity contribution < 1.29 is 9.18 Å². The minimum absolute atomic E-state index is 0.192.